The standard InChI is InChI=1S/C10H13ClN4O2/c11-8-3-6(4-9(13-8)14-12)10(17)15-2-1-7(16)5-15/h3-4,7,16H,1-2,5,12H2,(H,13,14). The van der Waals surface area contributed by atoms with Crippen LogP contribution < -0.4 is 11.3 Å². The molecule has 0 spiro atoms. The molecule has 17 heavy (non-hydrogen) atoms. The second kappa shape index (κ2) is 4.87. The number of aliphatic hydroxyl groups is 1. The molecule has 0 saturated carbocycles. The molecular weight excluding hydrogens is 244 g/mol. The second-order valence-corrected chi connectivity index (χ2v) is 4.29. The summed E-state index contributed by atoms with van der Waals surface area (Å²) in [6.07, 6.45) is 0.162. The van der Waals surface area contributed by atoms with E-state index in [-0.39, 0.29) is 11.1 Å². The number of carbonyl (C=O) groups excluding carboxylic acids is 1. The highest BCUT2D eigenvalue weighted by Gasteiger charge is 2.25. The third-order valence-corrected chi connectivity index (χ3v) is 2.83. The molecule has 0 aromatic carbocycles. The minimum Gasteiger partial charge on any atom is -0.391 e. The maximum Gasteiger partial charge on any atom is 0.254 e. The monoisotopic (exact) mass is 256 g/mol. The molecule has 7 heteroatoms. The number of β-amino-alcohol motifs (C(OH)–C–C–N with tert-alkyl or cyclic N) is 1. The number of nitrogen functional groups attached to an aromatic ring is 1. The van der Waals surface area contributed by atoms with Crippen LogP contribution in [-0.2, 0) is 0 Å². The van der Waals surface area contributed by atoms with E-state index in [1.165, 1.54) is 12.1 Å². The van der Waals surface area contributed by atoms with Gasteiger partial charge in [0.1, 0.15) is 11.0 Å². The second-order valence-electron chi connectivity index (χ2n) is 3.90. The minimum atomic E-state index is -0.441. The summed E-state index contributed by atoms with van der Waals surface area (Å²) in [4.78, 5) is 17.5. The molecule has 1 aromatic heterocycles. The molecule has 0 aliphatic carbocycles. The molecule has 1 aliphatic rings. The summed E-state index contributed by atoms with van der Waals surface area (Å²) in [6, 6.07) is 3.01. The number of nitrogens with two attached hydrogens (primary N) is 1. The van der Waals surface area contributed by atoms with Gasteiger partial charge in [0.05, 0.1) is 6.10 Å². The number of rotatable bonds is 2. The summed E-state index contributed by atoms with van der Waals surface area (Å²) in [5.74, 6) is 5.38. The number of anilines is 1. The Hall–Kier alpha value is -1.37. The fourth-order valence-electron chi connectivity index (χ4n) is 1.80. The Kier molecular flexibility index (Phi) is 3.46. The van der Waals surface area contributed by atoms with E-state index in [1.54, 1.807) is 4.90 Å². The van der Waals surface area contributed by atoms with E-state index in [9.17, 15) is 9.90 Å². The summed E-state index contributed by atoms with van der Waals surface area (Å²) in [5, 5.41) is 9.58. The molecule has 1 aromatic rings. The Morgan fingerprint density at radius 3 is 3.00 bits per heavy atom. The van der Waals surface area contributed by atoms with Gasteiger partial charge in [-0.1, -0.05) is 11.6 Å². The van der Waals surface area contributed by atoms with Crippen molar-refractivity contribution >= 4 is 23.3 Å². The van der Waals surface area contributed by atoms with Gasteiger partial charge in [-0.3, -0.25) is 4.79 Å². The van der Waals surface area contributed by atoms with Crippen molar-refractivity contribution in [2.75, 3.05) is 18.5 Å². The van der Waals surface area contributed by atoms with Crippen molar-refractivity contribution in [2.24, 2.45) is 5.84 Å². The Morgan fingerprint density at radius 2 is 2.41 bits per heavy atom. The molecule has 92 valence electrons. The average molecular weight is 257 g/mol. The van der Waals surface area contributed by atoms with Crippen LogP contribution in [0.25, 0.3) is 0 Å². The van der Waals surface area contributed by atoms with Crippen LogP contribution in [0.2, 0.25) is 5.15 Å². The number of nitrogens with one attached hydrogen (secondary N) is 1. The van der Waals surface area contributed by atoms with E-state index in [2.05, 4.69) is 10.4 Å². The molecule has 4 N–H and O–H groups in total. The van der Waals surface area contributed by atoms with Crippen LogP contribution in [0.15, 0.2) is 12.1 Å². The molecule has 2 rings (SSSR count). The summed E-state index contributed by atoms with van der Waals surface area (Å²) in [7, 11) is 0. The summed E-state index contributed by atoms with van der Waals surface area (Å²) >= 11 is 5.78. The van der Waals surface area contributed by atoms with E-state index >= 15 is 0 Å². The Bertz CT molecular complexity index is 440. The van der Waals surface area contributed by atoms with Crippen LogP contribution in [-0.4, -0.2) is 40.1 Å². The van der Waals surface area contributed by atoms with E-state index in [1.807, 2.05) is 0 Å². The van der Waals surface area contributed by atoms with Crippen molar-refractivity contribution in [2.45, 2.75) is 12.5 Å². The lowest BCUT2D eigenvalue weighted by molar-refractivity contribution is 0.0765. The quantitative estimate of drug-likeness (QED) is 0.400. The van der Waals surface area contributed by atoms with Crippen LogP contribution in [0.4, 0.5) is 5.82 Å². The molecule has 1 fully saturated rings. The van der Waals surface area contributed by atoms with Crippen molar-refractivity contribution < 1.29 is 9.90 Å². The number of pyridine rings is 1. The smallest absolute Gasteiger partial charge is 0.254 e. The van der Waals surface area contributed by atoms with Crippen molar-refractivity contribution in [1.82, 2.24) is 9.88 Å². The fourth-order valence-corrected chi connectivity index (χ4v) is 2.01. The van der Waals surface area contributed by atoms with Gasteiger partial charge in [0.25, 0.3) is 5.91 Å². The Labute approximate surface area is 103 Å². The van der Waals surface area contributed by atoms with Gasteiger partial charge in [-0.05, 0) is 18.6 Å². The number of hydrogen-bond donors (Lipinski definition) is 3. The SMILES string of the molecule is NNc1cc(C(=O)N2CCC(O)C2)cc(Cl)n1. The van der Waals surface area contributed by atoms with Crippen molar-refractivity contribution in [3.05, 3.63) is 22.8 Å². The number of nitrogens with zero attached hydrogens (tertiary/aromatic N) is 2. The molecule has 1 amide bonds. The first-order valence-corrected chi connectivity index (χ1v) is 5.59. The first-order chi connectivity index (χ1) is 8.10. The summed E-state index contributed by atoms with van der Waals surface area (Å²) in [6.45, 7) is 0.898. The molecule has 1 unspecified atom stereocenters. The Morgan fingerprint density at radius 1 is 1.65 bits per heavy atom. The number of carbonyl (C=O) groups is 1. The van der Waals surface area contributed by atoms with E-state index in [0.29, 0.717) is 30.9 Å². The third-order valence-electron chi connectivity index (χ3n) is 2.64. The van der Waals surface area contributed by atoms with Crippen LogP contribution in [0, 0.1) is 0 Å². The average Bonchev–Trinajstić information content (AvgIpc) is 2.74. The topological polar surface area (TPSA) is 91.5 Å². The largest absolute Gasteiger partial charge is 0.391 e. The maximum absolute atomic E-state index is 12.1. The molecule has 2 heterocycles. The zero-order chi connectivity index (χ0) is 12.4. The highest BCUT2D eigenvalue weighted by atomic mass is 35.5. The number of likely N-dealkylation sites (tertiary alicyclic amines) is 1. The van der Waals surface area contributed by atoms with Crippen LogP contribution in [0.3, 0.4) is 0 Å². The lowest BCUT2D eigenvalue weighted by Crippen LogP contribution is -2.29. The number of aromatic nitrogens is 1. The van der Waals surface area contributed by atoms with E-state index in [0.717, 1.165) is 0 Å². The van der Waals surface area contributed by atoms with Crippen LogP contribution in [0.1, 0.15) is 16.8 Å². The van der Waals surface area contributed by atoms with Gasteiger partial charge in [0.2, 0.25) is 0 Å². The van der Waals surface area contributed by atoms with Crippen LogP contribution >= 0.6 is 11.6 Å². The van der Waals surface area contributed by atoms with Crippen molar-refractivity contribution in [3.8, 4) is 0 Å². The van der Waals surface area contributed by atoms with Gasteiger partial charge in [0.15, 0.2) is 0 Å². The molecule has 0 bridgehead atoms. The van der Waals surface area contributed by atoms with Crippen LogP contribution in [0.5, 0.6) is 0 Å². The normalized spacial score (nSPS) is 19.5. The molecule has 1 saturated heterocycles. The highest BCUT2D eigenvalue weighted by Crippen LogP contribution is 2.18. The first kappa shape index (κ1) is 12.1. The Balaban J connectivity index is 2.21. The highest BCUT2D eigenvalue weighted by molar-refractivity contribution is 6.29. The predicted molar refractivity (Wildman–Crippen MR) is 63.6 cm³/mol. The van der Waals surface area contributed by atoms with Crippen molar-refractivity contribution in [1.29, 1.82) is 0 Å². The minimum absolute atomic E-state index is 0.178. The first-order valence-electron chi connectivity index (χ1n) is 5.21. The van der Waals surface area contributed by atoms with Gasteiger partial charge < -0.3 is 15.4 Å². The molecule has 0 radical (unpaired) electrons. The zero-order valence-corrected chi connectivity index (χ0v) is 9.81. The van der Waals surface area contributed by atoms with Crippen molar-refractivity contribution in [3.63, 3.8) is 0 Å². The molecular formula is C10H13ClN4O2. The number of amides is 1. The van der Waals surface area contributed by atoms with E-state index < -0.39 is 6.10 Å². The number of halogens is 1. The molecule has 6 nitrogen and oxygen atoms in total. The molecule has 1 atom stereocenters. The fraction of sp³-hybridized carbons (Fsp3) is 0.400. The maximum atomic E-state index is 12.1. The third kappa shape index (κ3) is 2.66. The number of hydrazine groups is 1. The number of hydrogen-bond acceptors (Lipinski definition) is 5. The lowest BCUT2D eigenvalue weighted by atomic mass is 10.2. The number of aliphatic hydroxyl groups excluding tert-OH is 1. The van der Waals surface area contributed by atoms with Gasteiger partial charge in [-0.2, -0.15) is 0 Å². The van der Waals surface area contributed by atoms with E-state index in [4.69, 9.17) is 17.4 Å². The van der Waals surface area contributed by atoms with Gasteiger partial charge in [0, 0.05) is 18.7 Å². The summed E-state index contributed by atoms with van der Waals surface area (Å²) < 4.78 is 0. The van der Waals surface area contributed by atoms with Gasteiger partial charge >= 0.3 is 0 Å². The predicted octanol–water partition coefficient (Wildman–Crippen LogP) is 0.227. The zero-order valence-electron chi connectivity index (χ0n) is 9.06. The van der Waals surface area contributed by atoms with Gasteiger partial charge in [-0.25, -0.2) is 10.8 Å². The van der Waals surface area contributed by atoms with Gasteiger partial charge in [-0.15, -0.1) is 0 Å². The lowest BCUT2D eigenvalue weighted by Gasteiger charge is -2.16. The molecule has 1 aliphatic heterocycles. The summed E-state index contributed by atoms with van der Waals surface area (Å²) in [5.41, 5.74) is 2.76.